The standard InChI is InChI=1S/C11H14FNO/c12-9-3-1-8(2-4-9)11-7-10(13)5-6-14-11/h1-4,10-11H,5-7,13H2/t10-,11-/m0/s1. The molecule has 1 heterocycles. The van der Waals surface area contributed by atoms with Crippen molar-refractivity contribution >= 4 is 0 Å². The second-order valence-electron chi connectivity index (χ2n) is 3.70. The van der Waals surface area contributed by atoms with Crippen LogP contribution in [0.25, 0.3) is 0 Å². The molecule has 2 rings (SSSR count). The van der Waals surface area contributed by atoms with E-state index in [-0.39, 0.29) is 18.0 Å². The minimum Gasteiger partial charge on any atom is -0.373 e. The normalized spacial score (nSPS) is 27.6. The van der Waals surface area contributed by atoms with Gasteiger partial charge in [-0.3, -0.25) is 0 Å². The molecule has 1 aliphatic rings. The summed E-state index contributed by atoms with van der Waals surface area (Å²) in [5, 5.41) is 0. The molecular weight excluding hydrogens is 181 g/mol. The minimum absolute atomic E-state index is 0.0411. The van der Waals surface area contributed by atoms with Crippen molar-refractivity contribution in [2.24, 2.45) is 5.73 Å². The molecule has 0 aromatic heterocycles. The maximum absolute atomic E-state index is 12.7. The summed E-state index contributed by atoms with van der Waals surface area (Å²) in [4.78, 5) is 0. The third kappa shape index (κ3) is 2.11. The van der Waals surface area contributed by atoms with E-state index < -0.39 is 0 Å². The first-order chi connectivity index (χ1) is 6.75. The molecule has 76 valence electrons. The van der Waals surface area contributed by atoms with E-state index in [0.717, 1.165) is 18.4 Å². The Labute approximate surface area is 82.9 Å². The van der Waals surface area contributed by atoms with E-state index >= 15 is 0 Å². The van der Waals surface area contributed by atoms with Gasteiger partial charge in [0.1, 0.15) is 5.82 Å². The Hall–Kier alpha value is -0.930. The summed E-state index contributed by atoms with van der Waals surface area (Å²) < 4.78 is 18.2. The van der Waals surface area contributed by atoms with Gasteiger partial charge in [-0.15, -0.1) is 0 Å². The molecule has 1 aromatic carbocycles. The topological polar surface area (TPSA) is 35.2 Å². The van der Waals surface area contributed by atoms with Crippen molar-refractivity contribution in [3.8, 4) is 0 Å². The first-order valence-electron chi connectivity index (χ1n) is 4.88. The molecular formula is C11H14FNO. The lowest BCUT2D eigenvalue weighted by Gasteiger charge is -2.27. The molecule has 0 amide bonds. The van der Waals surface area contributed by atoms with Crippen LogP contribution in [0.3, 0.4) is 0 Å². The van der Waals surface area contributed by atoms with Crippen molar-refractivity contribution in [2.75, 3.05) is 6.61 Å². The Balaban J connectivity index is 2.10. The van der Waals surface area contributed by atoms with Crippen LogP contribution in [0.1, 0.15) is 24.5 Å². The van der Waals surface area contributed by atoms with Crippen molar-refractivity contribution in [1.29, 1.82) is 0 Å². The predicted molar refractivity (Wildman–Crippen MR) is 52.3 cm³/mol. The monoisotopic (exact) mass is 195 g/mol. The molecule has 1 saturated heterocycles. The average Bonchev–Trinajstić information content (AvgIpc) is 2.19. The predicted octanol–water partition coefficient (Wildman–Crippen LogP) is 2.00. The maximum Gasteiger partial charge on any atom is 0.123 e. The fraction of sp³-hybridized carbons (Fsp3) is 0.455. The molecule has 1 fully saturated rings. The largest absolute Gasteiger partial charge is 0.373 e. The molecule has 2 N–H and O–H groups in total. The molecule has 0 bridgehead atoms. The number of hydrogen-bond acceptors (Lipinski definition) is 2. The lowest BCUT2D eigenvalue weighted by molar-refractivity contribution is 0.00664. The molecule has 0 spiro atoms. The van der Waals surface area contributed by atoms with Crippen molar-refractivity contribution in [2.45, 2.75) is 25.0 Å². The van der Waals surface area contributed by atoms with Crippen LogP contribution in [0.2, 0.25) is 0 Å². The van der Waals surface area contributed by atoms with Gasteiger partial charge >= 0.3 is 0 Å². The van der Waals surface area contributed by atoms with Gasteiger partial charge in [-0.05, 0) is 30.5 Å². The Morgan fingerprint density at radius 3 is 2.64 bits per heavy atom. The fourth-order valence-corrected chi connectivity index (χ4v) is 1.73. The van der Waals surface area contributed by atoms with Gasteiger partial charge in [-0.2, -0.15) is 0 Å². The second kappa shape index (κ2) is 4.07. The van der Waals surface area contributed by atoms with Gasteiger partial charge in [0, 0.05) is 12.6 Å². The molecule has 0 unspecified atom stereocenters. The summed E-state index contributed by atoms with van der Waals surface area (Å²) >= 11 is 0. The highest BCUT2D eigenvalue weighted by Gasteiger charge is 2.20. The molecule has 0 radical (unpaired) electrons. The zero-order valence-electron chi connectivity index (χ0n) is 7.95. The van der Waals surface area contributed by atoms with E-state index in [4.69, 9.17) is 10.5 Å². The van der Waals surface area contributed by atoms with Gasteiger partial charge in [0.15, 0.2) is 0 Å². The summed E-state index contributed by atoms with van der Waals surface area (Å²) in [7, 11) is 0. The van der Waals surface area contributed by atoms with Crippen molar-refractivity contribution < 1.29 is 9.13 Å². The van der Waals surface area contributed by atoms with E-state index in [1.807, 2.05) is 0 Å². The van der Waals surface area contributed by atoms with E-state index in [9.17, 15) is 4.39 Å². The van der Waals surface area contributed by atoms with Gasteiger partial charge in [0.2, 0.25) is 0 Å². The van der Waals surface area contributed by atoms with E-state index in [0.29, 0.717) is 6.61 Å². The third-order valence-corrected chi connectivity index (χ3v) is 2.57. The Morgan fingerprint density at radius 2 is 2.00 bits per heavy atom. The number of benzene rings is 1. The Kier molecular flexibility index (Phi) is 2.79. The molecule has 1 aromatic rings. The molecule has 1 aliphatic heterocycles. The quantitative estimate of drug-likeness (QED) is 0.744. The first-order valence-corrected chi connectivity index (χ1v) is 4.88. The number of rotatable bonds is 1. The maximum atomic E-state index is 12.7. The van der Waals surface area contributed by atoms with Crippen molar-refractivity contribution in [3.05, 3.63) is 35.6 Å². The summed E-state index contributed by atoms with van der Waals surface area (Å²) in [6.45, 7) is 0.698. The highest BCUT2D eigenvalue weighted by atomic mass is 19.1. The highest BCUT2D eigenvalue weighted by molar-refractivity contribution is 5.19. The van der Waals surface area contributed by atoms with Gasteiger partial charge in [0.25, 0.3) is 0 Å². The fourth-order valence-electron chi connectivity index (χ4n) is 1.73. The minimum atomic E-state index is -0.214. The molecule has 14 heavy (non-hydrogen) atoms. The van der Waals surface area contributed by atoms with E-state index in [1.165, 1.54) is 12.1 Å². The molecule has 0 saturated carbocycles. The Morgan fingerprint density at radius 1 is 1.29 bits per heavy atom. The van der Waals surface area contributed by atoms with E-state index in [2.05, 4.69) is 0 Å². The summed E-state index contributed by atoms with van der Waals surface area (Å²) in [5.41, 5.74) is 6.85. The van der Waals surface area contributed by atoms with Gasteiger partial charge < -0.3 is 10.5 Å². The van der Waals surface area contributed by atoms with Crippen LogP contribution in [0.15, 0.2) is 24.3 Å². The van der Waals surface area contributed by atoms with Crippen molar-refractivity contribution in [3.63, 3.8) is 0 Å². The number of nitrogens with two attached hydrogens (primary N) is 1. The lowest BCUT2D eigenvalue weighted by atomic mass is 9.98. The third-order valence-electron chi connectivity index (χ3n) is 2.57. The summed E-state index contributed by atoms with van der Waals surface area (Å²) in [5.74, 6) is -0.214. The SMILES string of the molecule is N[C@H]1CCO[C@H](c2ccc(F)cc2)C1. The summed E-state index contributed by atoms with van der Waals surface area (Å²) in [6, 6.07) is 6.65. The zero-order chi connectivity index (χ0) is 9.97. The molecule has 2 atom stereocenters. The Bertz CT molecular complexity index is 299. The van der Waals surface area contributed by atoms with Gasteiger partial charge in [-0.1, -0.05) is 12.1 Å². The number of hydrogen-bond donors (Lipinski definition) is 1. The van der Waals surface area contributed by atoms with Crippen LogP contribution in [0, 0.1) is 5.82 Å². The van der Waals surface area contributed by atoms with Crippen LogP contribution in [0.5, 0.6) is 0 Å². The smallest absolute Gasteiger partial charge is 0.123 e. The zero-order valence-corrected chi connectivity index (χ0v) is 7.95. The van der Waals surface area contributed by atoms with Crippen LogP contribution >= 0.6 is 0 Å². The van der Waals surface area contributed by atoms with Crippen molar-refractivity contribution in [1.82, 2.24) is 0 Å². The number of halogens is 1. The second-order valence-corrected chi connectivity index (χ2v) is 3.70. The van der Waals surface area contributed by atoms with Crippen LogP contribution in [0.4, 0.5) is 4.39 Å². The van der Waals surface area contributed by atoms with Gasteiger partial charge in [0.05, 0.1) is 6.10 Å². The lowest BCUT2D eigenvalue weighted by Crippen LogP contribution is -2.30. The first kappa shape index (κ1) is 9.62. The van der Waals surface area contributed by atoms with Crippen LogP contribution in [-0.4, -0.2) is 12.6 Å². The van der Waals surface area contributed by atoms with Crippen LogP contribution in [-0.2, 0) is 4.74 Å². The van der Waals surface area contributed by atoms with Crippen LogP contribution < -0.4 is 5.73 Å². The van der Waals surface area contributed by atoms with E-state index in [1.54, 1.807) is 12.1 Å². The average molecular weight is 195 g/mol. The number of ether oxygens (including phenoxy) is 1. The van der Waals surface area contributed by atoms with Gasteiger partial charge in [-0.25, -0.2) is 4.39 Å². The summed E-state index contributed by atoms with van der Waals surface area (Å²) in [6.07, 6.45) is 1.78. The highest BCUT2D eigenvalue weighted by Crippen LogP contribution is 2.27. The molecule has 3 heteroatoms. The molecule has 0 aliphatic carbocycles. The molecule has 2 nitrogen and oxygen atoms in total.